The maximum Gasteiger partial charge on any atom is 0.221 e. The Labute approximate surface area is 149 Å². The molecule has 7 heteroatoms. The molecule has 0 aliphatic heterocycles. The Bertz CT molecular complexity index is 848. The summed E-state index contributed by atoms with van der Waals surface area (Å²) in [5.41, 5.74) is 2.27. The molecule has 0 bridgehead atoms. The summed E-state index contributed by atoms with van der Waals surface area (Å²) in [5.74, 6) is 0.807. The third-order valence-electron chi connectivity index (χ3n) is 3.54. The molecular weight excluding hydrogens is 348 g/mol. The number of nitrogens with zero attached hydrogens (tertiary/aromatic N) is 2. The standard InChI is InChI=1S/C16H17ClN4S2/c1-11-3-5-12(6-4-11)15-18-16(22)21(19-15)10-20(2)9-13-7-8-14(17)23-13/h3-8H,9-10H2,1-2H3,(H,18,19,22)/p+1. The van der Waals surface area contributed by atoms with Crippen molar-refractivity contribution in [3.63, 3.8) is 0 Å². The molecule has 3 aromatic rings. The molecule has 0 fully saturated rings. The SMILES string of the molecule is Cc1ccc(-c2nc(=S)n(C[NH+](C)Cc3ccc(Cl)s3)[nH]2)cc1. The molecule has 1 aromatic carbocycles. The number of benzene rings is 1. The van der Waals surface area contributed by atoms with E-state index in [0.717, 1.165) is 28.9 Å². The highest BCUT2D eigenvalue weighted by molar-refractivity contribution is 7.71. The van der Waals surface area contributed by atoms with Crippen molar-refractivity contribution in [2.45, 2.75) is 20.1 Å². The lowest BCUT2D eigenvalue weighted by Gasteiger charge is -2.12. The van der Waals surface area contributed by atoms with E-state index in [0.29, 0.717) is 4.77 Å². The fourth-order valence-corrected chi connectivity index (χ4v) is 3.78. The van der Waals surface area contributed by atoms with E-state index in [1.807, 2.05) is 10.7 Å². The summed E-state index contributed by atoms with van der Waals surface area (Å²) in [6, 6.07) is 12.3. The van der Waals surface area contributed by atoms with Crippen molar-refractivity contribution in [3.8, 4) is 11.4 Å². The maximum absolute atomic E-state index is 5.98. The van der Waals surface area contributed by atoms with Crippen LogP contribution in [0.2, 0.25) is 4.34 Å². The minimum atomic E-state index is 0.573. The van der Waals surface area contributed by atoms with Crippen LogP contribution < -0.4 is 4.90 Å². The van der Waals surface area contributed by atoms with Crippen LogP contribution in [0.1, 0.15) is 10.4 Å². The van der Waals surface area contributed by atoms with Gasteiger partial charge in [-0.1, -0.05) is 41.4 Å². The zero-order valence-electron chi connectivity index (χ0n) is 13.0. The van der Waals surface area contributed by atoms with Crippen LogP contribution in [0.4, 0.5) is 0 Å². The molecule has 120 valence electrons. The van der Waals surface area contributed by atoms with Crippen LogP contribution in [-0.2, 0) is 13.2 Å². The first-order valence-electron chi connectivity index (χ1n) is 7.30. The summed E-state index contributed by atoms with van der Waals surface area (Å²) in [6.07, 6.45) is 0. The van der Waals surface area contributed by atoms with Gasteiger partial charge in [-0.05, 0) is 31.3 Å². The van der Waals surface area contributed by atoms with Gasteiger partial charge in [0.1, 0.15) is 6.54 Å². The summed E-state index contributed by atoms with van der Waals surface area (Å²) in [6.45, 7) is 3.70. The summed E-state index contributed by atoms with van der Waals surface area (Å²) in [7, 11) is 2.13. The molecule has 0 spiro atoms. The minimum Gasteiger partial charge on any atom is -0.314 e. The smallest absolute Gasteiger partial charge is 0.221 e. The number of quaternary nitrogens is 1. The zero-order chi connectivity index (χ0) is 16.4. The Balaban J connectivity index is 1.73. The quantitative estimate of drug-likeness (QED) is 0.681. The molecule has 23 heavy (non-hydrogen) atoms. The first-order chi connectivity index (χ1) is 11.0. The molecule has 1 unspecified atom stereocenters. The second-order valence-electron chi connectivity index (χ2n) is 5.65. The maximum atomic E-state index is 5.98. The molecule has 2 heterocycles. The van der Waals surface area contributed by atoms with Gasteiger partial charge in [0, 0.05) is 5.56 Å². The van der Waals surface area contributed by atoms with E-state index in [-0.39, 0.29) is 0 Å². The van der Waals surface area contributed by atoms with Crippen molar-refractivity contribution in [2.24, 2.45) is 0 Å². The van der Waals surface area contributed by atoms with E-state index in [9.17, 15) is 0 Å². The van der Waals surface area contributed by atoms with Gasteiger partial charge in [0.25, 0.3) is 0 Å². The van der Waals surface area contributed by atoms with Gasteiger partial charge in [-0.25, -0.2) is 4.68 Å². The van der Waals surface area contributed by atoms with E-state index in [1.54, 1.807) is 11.3 Å². The minimum absolute atomic E-state index is 0.573. The Morgan fingerprint density at radius 2 is 2.00 bits per heavy atom. The molecule has 0 amide bonds. The van der Waals surface area contributed by atoms with Gasteiger partial charge in [0.15, 0.2) is 12.5 Å². The van der Waals surface area contributed by atoms with Crippen LogP contribution in [-0.4, -0.2) is 21.8 Å². The van der Waals surface area contributed by atoms with Gasteiger partial charge in [0.05, 0.1) is 16.3 Å². The topological polar surface area (TPSA) is 38.0 Å². The van der Waals surface area contributed by atoms with Gasteiger partial charge >= 0.3 is 0 Å². The number of aromatic amines is 1. The average molecular weight is 366 g/mol. The normalized spacial score (nSPS) is 12.5. The molecule has 0 aliphatic rings. The van der Waals surface area contributed by atoms with Crippen molar-refractivity contribution in [1.82, 2.24) is 14.8 Å². The number of hydrogen-bond acceptors (Lipinski definition) is 3. The number of thiophene rings is 1. The number of hydrogen-bond donors (Lipinski definition) is 2. The lowest BCUT2D eigenvalue weighted by atomic mass is 10.1. The molecule has 2 N–H and O–H groups in total. The van der Waals surface area contributed by atoms with Crippen LogP contribution in [0.25, 0.3) is 11.4 Å². The highest BCUT2D eigenvalue weighted by Crippen LogP contribution is 2.20. The molecule has 4 nitrogen and oxygen atoms in total. The first-order valence-corrected chi connectivity index (χ1v) is 8.91. The van der Waals surface area contributed by atoms with Gasteiger partial charge in [0.2, 0.25) is 4.77 Å². The third-order valence-corrected chi connectivity index (χ3v) is 5.08. The molecule has 0 radical (unpaired) electrons. The second-order valence-corrected chi connectivity index (χ2v) is 7.81. The largest absolute Gasteiger partial charge is 0.314 e. The number of aryl methyl sites for hydroxylation is 1. The molecular formula is C16H18ClN4S2+. The predicted octanol–water partition coefficient (Wildman–Crippen LogP) is 3.30. The van der Waals surface area contributed by atoms with Crippen molar-refractivity contribution in [3.05, 3.63) is 55.9 Å². The summed E-state index contributed by atoms with van der Waals surface area (Å²) < 4.78 is 3.31. The van der Waals surface area contributed by atoms with E-state index in [4.69, 9.17) is 23.8 Å². The van der Waals surface area contributed by atoms with E-state index in [2.05, 4.69) is 54.4 Å². The van der Waals surface area contributed by atoms with Crippen molar-refractivity contribution in [1.29, 1.82) is 0 Å². The van der Waals surface area contributed by atoms with Gasteiger partial charge in [-0.2, -0.15) is 4.98 Å². The number of rotatable bonds is 5. The van der Waals surface area contributed by atoms with Crippen LogP contribution >= 0.6 is 35.2 Å². The molecule has 1 atom stereocenters. The predicted molar refractivity (Wildman–Crippen MR) is 97.5 cm³/mol. The lowest BCUT2D eigenvalue weighted by Crippen LogP contribution is -3.06. The molecule has 0 saturated heterocycles. The van der Waals surface area contributed by atoms with Crippen molar-refractivity contribution < 1.29 is 4.90 Å². The summed E-state index contributed by atoms with van der Waals surface area (Å²) in [4.78, 5) is 7.03. The van der Waals surface area contributed by atoms with Gasteiger partial charge in [-0.3, -0.25) is 5.10 Å². The summed E-state index contributed by atoms with van der Waals surface area (Å²) in [5, 5.41) is 3.30. The number of halogens is 1. The Hall–Kier alpha value is -1.47. The molecule has 3 rings (SSSR count). The molecule has 2 aromatic heterocycles. The van der Waals surface area contributed by atoms with Crippen LogP contribution in [0.3, 0.4) is 0 Å². The van der Waals surface area contributed by atoms with E-state index in [1.165, 1.54) is 15.3 Å². The Kier molecular flexibility index (Phi) is 4.96. The highest BCUT2D eigenvalue weighted by atomic mass is 35.5. The zero-order valence-corrected chi connectivity index (χ0v) is 15.4. The molecule has 0 aliphatic carbocycles. The van der Waals surface area contributed by atoms with E-state index >= 15 is 0 Å². The van der Waals surface area contributed by atoms with Crippen LogP contribution in [0.5, 0.6) is 0 Å². The fourth-order valence-electron chi connectivity index (χ4n) is 2.37. The van der Waals surface area contributed by atoms with Crippen molar-refractivity contribution >= 4 is 35.2 Å². The average Bonchev–Trinajstić information content (AvgIpc) is 3.06. The van der Waals surface area contributed by atoms with E-state index < -0.39 is 0 Å². The van der Waals surface area contributed by atoms with Crippen LogP contribution in [0.15, 0.2) is 36.4 Å². The Morgan fingerprint density at radius 3 is 2.65 bits per heavy atom. The highest BCUT2D eigenvalue weighted by Gasteiger charge is 2.10. The molecule has 0 saturated carbocycles. The summed E-state index contributed by atoms with van der Waals surface area (Å²) >= 11 is 13.0. The fraction of sp³-hybridized carbons (Fsp3) is 0.250. The van der Waals surface area contributed by atoms with Gasteiger partial charge in [-0.15, -0.1) is 11.3 Å². The first kappa shape index (κ1) is 16.4. The Morgan fingerprint density at radius 1 is 1.26 bits per heavy atom. The number of nitrogens with one attached hydrogen (secondary N) is 2. The monoisotopic (exact) mass is 365 g/mol. The van der Waals surface area contributed by atoms with Crippen molar-refractivity contribution in [2.75, 3.05) is 7.05 Å². The van der Waals surface area contributed by atoms with Gasteiger partial charge < -0.3 is 4.90 Å². The van der Waals surface area contributed by atoms with Crippen LogP contribution in [0, 0.1) is 11.7 Å². The number of H-pyrrole nitrogens is 1. The number of aromatic nitrogens is 3. The third kappa shape index (κ3) is 4.09. The lowest BCUT2D eigenvalue weighted by molar-refractivity contribution is -0.917. The second kappa shape index (κ2) is 6.97.